The van der Waals surface area contributed by atoms with Crippen molar-refractivity contribution in [1.82, 2.24) is 15.0 Å². The number of ketones is 1. The summed E-state index contributed by atoms with van der Waals surface area (Å²) in [5.41, 5.74) is 2.84. The molecule has 7 heteroatoms. The summed E-state index contributed by atoms with van der Waals surface area (Å²) in [5.74, 6) is 1.18. The van der Waals surface area contributed by atoms with Crippen molar-refractivity contribution in [2.75, 3.05) is 11.1 Å². The van der Waals surface area contributed by atoms with E-state index in [9.17, 15) is 9.59 Å². The van der Waals surface area contributed by atoms with Crippen molar-refractivity contribution < 1.29 is 4.79 Å². The molecule has 0 aromatic carbocycles. The maximum absolute atomic E-state index is 12.9. The number of allylic oxidation sites excluding steroid dienone is 2. The van der Waals surface area contributed by atoms with Gasteiger partial charge in [0.15, 0.2) is 10.9 Å². The van der Waals surface area contributed by atoms with Crippen LogP contribution in [0.4, 0.5) is 5.82 Å². The maximum Gasteiger partial charge on any atom is 0.257 e. The largest absolute Gasteiger partial charge is 0.343 e. The Hall–Kier alpha value is -2.41. The highest BCUT2D eigenvalue weighted by Crippen LogP contribution is 2.43. The van der Waals surface area contributed by atoms with E-state index in [1.54, 1.807) is 12.4 Å². The van der Waals surface area contributed by atoms with Gasteiger partial charge < -0.3 is 10.3 Å². The first kappa shape index (κ1) is 17.0. The summed E-state index contributed by atoms with van der Waals surface area (Å²) in [6.07, 6.45) is 6.53. The van der Waals surface area contributed by atoms with E-state index in [-0.39, 0.29) is 11.3 Å². The third-order valence-corrected chi connectivity index (χ3v) is 5.80. The molecule has 3 heterocycles. The number of rotatable bonds is 4. The molecule has 0 amide bonds. The van der Waals surface area contributed by atoms with Gasteiger partial charge in [-0.2, -0.15) is 0 Å². The van der Waals surface area contributed by atoms with Crippen LogP contribution in [-0.2, 0) is 4.79 Å². The van der Waals surface area contributed by atoms with Gasteiger partial charge in [-0.05, 0) is 37.0 Å². The van der Waals surface area contributed by atoms with Gasteiger partial charge in [0.2, 0.25) is 0 Å². The highest BCUT2D eigenvalue weighted by atomic mass is 32.2. The van der Waals surface area contributed by atoms with E-state index in [0.29, 0.717) is 28.5 Å². The van der Waals surface area contributed by atoms with Crippen LogP contribution >= 0.6 is 11.8 Å². The molecular formula is C19H20N4O2S. The lowest BCUT2D eigenvalue weighted by atomic mass is 9.77. The molecule has 0 fully saturated rings. The fourth-order valence-corrected chi connectivity index (χ4v) is 4.31. The first-order valence-electron chi connectivity index (χ1n) is 8.89. The van der Waals surface area contributed by atoms with Crippen LogP contribution in [0.15, 0.2) is 45.7 Å². The minimum Gasteiger partial charge on any atom is -0.343 e. The SMILES string of the molecule is CCCSc1nc2c(c(=O)[nH]1)[C@@H](c1ccncc1)C1=C(CCCC1=O)N2. The molecule has 26 heavy (non-hydrogen) atoms. The summed E-state index contributed by atoms with van der Waals surface area (Å²) in [6.45, 7) is 2.09. The van der Waals surface area contributed by atoms with Crippen molar-refractivity contribution in [2.24, 2.45) is 0 Å². The van der Waals surface area contributed by atoms with Crippen molar-refractivity contribution in [2.45, 2.75) is 43.7 Å². The van der Waals surface area contributed by atoms with Gasteiger partial charge in [-0.1, -0.05) is 18.7 Å². The number of aromatic nitrogens is 3. The van der Waals surface area contributed by atoms with Crippen molar-refractivity contribution in [3.63, 3.8) is 0 Å². The summed E-state index contributed by atoms with van der Waals surface area (Å²) >= 11 is 1.53. The van der Waals surface area contributed by atoms with Crippen LogP contribution in [0, 0.1) is 0 Å². The molecule has 0 saturated heterocycles. The Balaban J connectivity index is 1.89. The molecule has 0 saturated carbocycles. The highest BCUT2D eigenvalue weighted by molar-refractivity contribution is 7.99. The Morgan fingerprint density at radius 3 is 2.81 bits per heavy atom. The second kappa shape index (κ2) is 7.07. The van der Waals surface area contributed by atoms with E-state index in [2.05, 4.69) is 27.2 Å². The van der Waals surface area contributed by atoms with E-state index in [4.69, 9.17) is 0 Å². The van der Waals surface area contributed by atoms with E-state index in [1.165, 1.54) is 11.8 Å². The number of hydrogen-bond donors (Lipinski definition) is 2. The van der Waals surface area contributed by atoms with Gasteiger partial charge in [0.25, 0.3) is 5.56 Å². The van der Waals surface area contributed by atoms with Crippen LogP contribution in [0.5, 0.6) is 0 Å². The Bertz CT molecular complexity index is 936. The Morgan fingerprint density at radius 2 is 2.04 bits per heavy atom. The molecule has 0 unspecified atom stereocenters. The van der Waals surface area contributed by atoms with Gasteiger partial charge in [0.1, 0.15) is 5.82 Å². The molecule has 2 N–H and O–H groups in total. The second-order valence-corrected chi connectivity index (χ2v) is 7.57. The van der Waals surface area contributed by atoms with Gasteiger partial charge >= 0.3 is 0 Å². The third-order valence-electron chi connectivity index (χ3n) is 4.72. The summed E-state index contributed by atoms with van der Waals surface area (Å²) in [5, 5.41) is 3.90. The van der Waals surface area contributed by atoms with Crippen molar-refractivity contribution in [3.05, 3.63) is 57.3 Å². The molecule has 2 aromatic rings. The maximum atomic E-state index is 12.9. The number of hydrogen-bond acceptors (Lipinski definition) is 6. The van der Waals surface area contributed by atoms with Crippen LogP contribution in [0.3, 0.4) is 0 Å². The summed E-state index contributed by atoms with van der Waals surface area (Å²) in [6, 6.07) is 3.73. The molecule has 1 aliphatic carbocycles. The van der Waals surface area contributed by atoms with Crippen LogP contribution in [-0.4, -0.2) is 26.5 Å². The standard InChI is InChI=1S/C19H20N4O2S/c1-2-10-26-19-22-17-16(18(25)23-19)14(11-6-8-20-9-7-11)15-12(21-17)4-3-5-13(15)24/h6-9,14H,2-5,10H2,1H3,(H2,21,22,23,25)/t14-/m0/s1. The molecule has 2 aliphatic rings. The molecule has 2 aromatic heterocycles. The Labute approximate surface area is 155 Å². The topological polar surface area (TPSA) is 87.7 Å². The lowest BCUT2D eigenvalue weighted by Gasteiger charge is -2.32. The van der Waals surface area contributed by atoms with Crippen LogP contribution < -0.4 is 10.9 Å². The first-order valence-corrected chi connectivity index (χ1v) is 9.87. The molecule has 4 rings (SSSR count). The predicted molar refractivity (Wildman–Crippen MR) is 101 cm³/mol. The summed E-state index contributed by atoms with van der Waals surface area (Å²) in [4.78, 5) is 37.2. The van der Waals surface area contributed by atoms with Gasteiger partial charge in [0.05, 0.1) is 5.56 Å². The smallest absolute Gasteiger partial charge is 0.257 e. The van der Waals surface area contributed by atoms with Crippen LogP contribution in [0.1, 0.15) is 49.7 Å². The average Bonchev–Trinajstić information content (AvgIpc) is 2.65. The molecule has 0 radical (unpaired) electrons. The van der Waals surface area contributed by atoms with Crippen molar-refractivity contribution >= 4 is 23.4 Å². The lowest BCUT2D eigenvalue weighted by Crippen LogP contribution is -2.32. The number of nitrogens with one attached hydrogen (secondary N) is 2. The van der Waals surface area contributed by atoms with E-state index < -0.39 is 5.92 Å². The number of carbonyl (C=O) groups excluding carboxylic acids is 1. The fourth-order valence-electron chi connectivity index (χ4n) is 3.60. The van der Waals surface area contributed by atoms with Crippen molar-refractivity contribution in [3.8, 4) is 0 Å². The van der Waals surface area contributed by atoms with E-state index >= 15 is 0 Å². The third kappa shape index (κ3) is 2.96. The number of aromatic amines is 1. The number of H-pyrrole nitrogens is 1. The number of pyridine rings is 1. The summed E-state index contributed by atoms with van der Waals surface area (Å²) in [7, 11) is 0. The number of fused-ring (bicyclic) bond motifs is 1. The summed E-state index contributed by atoms with van der Waals surface area (Å²) < 4.78 is 0. The number of Topliss-reactive ketones (excluding diaryl/α,β-unsaturated/α-hetero) is 1. The number of carbonyl (C=O) groups is 1. The lowest BCUT2D eigenvalue weighted by molar-refractivity contribution is -0.116. The number of nitrogens with zero attached hydrogens (tertiary/aromatic N) is 2. The highest BCUT2D eigenvalue weighted by Gasteiger charge is 2.37. The number of thioether (sulfide) groups is 1. The molecule has 0 spiro atoms. The van der Waals surface area contributed by atoms with E-state index in [0.717, 1.165) is 36.3 Å². The molecule has 1 atom stereocenters. The predicted octanol–water partition coefficient (Wildman–Crippen LogP) is 3.23. The van der Waals surface area contributed by atoms with E-state index in [1.807, 2.05) is 12.1 Å². The van der Waals surface area contributed by atoms with Gasteiger partial charge in [-0.25, -0.2) is 4.98 Å². The fraction of sp³-hybridized carbons (Fsp3) is 0.368. The molecule has 134 valence electrons. The molecule has 1 aliphatic heterocycles. The minimum absolute atomic E-state index is 0.107. The molecule has 6 nitrogen and oxygen atoms in total. The van der Waals surface area contributed by atoms with Gasteiger partial charge in [0, 0.05) is 41.8 Å². The zero-order chi connectivity index (χ0) is 18.1. The van der Waals surface area contributed by atoms with Crippen molar-refractivity contribution in [1.29, 1.82) is 0 Å². The zero-order valence-electron chi connectivity index (χ0n) is 14.5. The second-order valence-electron chi connectivity index (χ2n) is 6.49. The number of anilines is 1. The molecular weight excluding hydrogens is 348 g/mol. The zero-order valence-corrected chi connectivity index (χ0v) is 15.4. The normalized spacial score (nSPS) is 19.0. The molecule has 0 bridgehead atoms. The minimum atomic E-state index is -0.390. The van der Waals surface area contributed by atoms with Crippen LogP contribution in [0.25, 0.3) is 0 Å². The monoisotopic (exact) mass is 368 g/mol. The van der Waals surface area contributed by atoms with Gasteiger partial charge in [-0.3, -0.25) is 14.6 Å². The van der Waals surface area contributed by atoms with Crippen LogP contribution in [0.2, 0.25) is 0 Å². The quantitative estimate of drug-likeness (QED) is 0.636. The average molecular weight is 368 g/mol. The Morgan fingerprint density at radius 1 is 1.23 bits per heavy atom. The first-order chi connectivity index (χ1) is 12.7. The Kier molecular flexibility index (Phi) is 4.63. The van der Waals surface area contributed by atoms with Gasteiger partial charge in [-0.15, -0.1) is 0 Å².